The van der Waals surface area contributed by atoms with Gasteiger partial charge < -0.3 is 9.72 Å². The largest absolute Gasteiger partial charge is 0.493 e. The summed E-state index contributed by atoms with van der Waals surface area (Å²) in [6, 6.07) is 7.73. The first-order valence-electron chi connectivity index (χ1n) is 10.4. The Kier molecular flexibility index (Phi) is 5.46. The molecule has 6 nitrogen and oxygen atoms in total. The van der Waals surface area contributed by atoms with Crippen LogP contribution in [0.2, 0.25) is 0 Å². The van der Waals surface area contributed by atoms with Crippen molar-refractivity contribution >= 4 is 11.0 Å². The number of aromatic amines is 1. The minimum absolute atomic E-state index is 0.185. The third-order valence-electron chi connectivity index (χ3n) is 5.45. The molecule has 1 fully saturated rings. The molecule has 1 saturated carbocycles. The molecule has 148 valence electrons. The van der Waals surface area contributed by atoms with Gasteiger partial charge in [-0.2, -0.15) is 5.10 Å². The lowest BCUT2D eigenvalue weighted by molar-refractivity contribution is 0.264. The molecule has 1 aliphatic carbocycles. The highest BCUT2D eigenvalue weighted by Crippen LogP contribution is 2.31. The smallest absolute Gasteiger partial charge is 0.279 e. The topological polar surface area (TPSA) is 72.8 Å². The van der Waals surface area contributed by atoms with E-state index >= 15 is 0 Å². The van der Waals surface area contributed by atoms with E-state index in [0.29, 0.717) is 23.9 Å². The van der Waals surface area contributed by atoms with Gasteiger partial charge in [-0.05, 0) is 43.7 Å². The Balaban J connectivity index is 1.81. The van der Waals surface area contributed by atoms with Crippen LogP contribution >= 0.6 is 0 Å². The monoisotopic (exact) mass is 380 g/mol. The second-order valence-corrected chi connectivity index (χ2v) is 7.63. The lowest BCUT2D eigenvalue weighted by atomic mass is 9.85. The molecule has 6 heteroatoms. The summed E-state index contributed by atoms with van der Waals surface area (Å²) < 4.78 is 7.90. The standard InChI is InChI=1S/C22H28N4O2/c1-3-8-17-19-20(25-26(17)14-15-9-7-10-15)22(27)24-21(23-19)16-11-5-6-12-18(16)28-13-4-2/h5-6,11-12,15H,3-4,7-10,13-14H2,1-2H3,(H,23,24,27). The summed E-state index contributed by atoms with van der Waals surface area (Å²) in [4.78, 5) is 20.6. The number of aromatic nitrogens is 4. The highest BCUT2D eigenvalue weighted by molar-refractivity contribution is 5.79. The van der Waals surface area contributed by atoms with Gasteiger partial charge in [-0.1, -0.05) is 38.8 Å². The zero-order valence-electron chi connectivity index (χ0n) is 16.7. The number of rotatable bonds is 8. The number of nitrogens with zero attached hydrogens (tertiary/aromatic N) is 3. The van der Waals surface area contributed by atoms with E-state index < -0.39 is 0 Å². The molecule has 0 radical (unpaired) electrons. The summed E-state index contributed by atoms with van der Waals surface area (Å²) in [6.45, 7) is 5.73. The number of nitrogens with one attached hydrogen (secondary N) is 1. The van der Waals surface area contributed by atoms with Gasteiger partial charge >= 0.3 is 0 Å². The summed E-state index contributed by atoms with van der Waals surface area (Å²) >= 11 is 0. The second kappa shape index (κ2) is 8.17. The molecule has 3 aromatic rings. The predicted molar refractivity (Wildman–Crippen MR) is 111 cm³/mol. The molecule has 0 aliphatic heterocycles. The Morgan fingerprint density at radius 3 is 2.71 bits per heavy atom. The number of H-pyrrole nitrogens is 1. The summed E-state index contributed by atoms with van der Waals surface area (Å²) in [7, 11) is 0. The lowest BCUT2D eigenvalue weighted by Gasteiger charge is -2.25. The Bertz CT molecular complexity index is 1020. The minimum Gasteiger partial charge on any atom is -0.493 e. The van der Waals surface area contributed by atoms with Gasteiger partial charge in [-0.15, -0.1) is 0 Å². The van der Waals surface area contributed by atoms with Crippen LogP contribution in [0.4, 0.5) is 0 Å². The third-order valence-corrected chi connectivity index (χ3v) is 5.45. The number of para-hydroxylation sites is 1. The maximum Gasteiger partial charge on any atom is 0.279 e. The van der Waals surface area contributed by atoms with Crippen LogP contribution < -0.4 is 10.3 Å². The molecule has 0 saturated heterocycles. The molecule has 1 aromatic carbocycles. The number of aryl methyl sites for hydroxylation is 1. The van der Waals surface area contributed by atoms with E-state index in [9.17, 15) is 4.79 Å². The van der Waals surface area contributed by atoms with Gasteiger partial charge in [0.05, 0.1) is 17.9 Å². The van der Waals surface area contributed by atoms with Gasteiger partial charge in [0.1, 0.15) is 17.1 Å². The van der Waals surface area contributed by atoms with Crippen LogP contribution in [0.3, 0.4) is 0 Å². The van der Waals surface area contributed by atoms with Gasteiger partial charge in [-0.3, -0.25) is 9.48 Å². The number of benzene rings is 1. The summed E-state index contributed by atoms with van der Waals surface area (Å²) in [5.41, 5.74) is 2.87. The Morgan fingerprint density at radius 2 is 2.00 bits per heavy atom. The van der Waals surface area contributed by atoms with E-state index in [2.05, 4.69) is 23.9 Å². The predicted octanol–water partition coefficient (Wildman–Crippen LogP) is 4.33. The fraction of sp³-hybridized carbons (Fsp3) is 0.500. The van der Waals surface area contributed by atoms with Crippen molar-refractivity contribution in [1.82, 2.24) is 19.7 Å². The van der Waals surface area contributed by atoms with Crippen molar-refractivity contribution in [2.75, 3.05) is 6.61 Å². The van der Waals surface area contributed by atoms with Gasteiger partial charge in [0.25, 0.3) is 5.56 Å². The number of hydrogen-bond donors (Lipinski definition) is 1. The maximum atomic E-state index is 12.8. The molecule has 0 bridgehead atoms. The van der Waals surface area contributed by atoms with E-state index in [1.807, 2.05) is 28.9 Å². The first-order valence-corrected chi connectivity index (χ1v) is 10.4. The van der Waals surface area contributed by atoms with E-state index in [-0.39, 0.29) is 5.56 Å². The molecule has 0 amide bonds. The van der Waals surface area contributed by atoms with Gasteiger partial charge in [-0.25, -0.2) is 4.98 Å². The second-order valence-electron chi connectivity index (χ2n) is 7.63. The van der Waals surface area contributed by atoms with Crippen molar-refractivity contribution in [3.63, 3.8) is 0 Å². The number of fused-ring (bicyclic) bond motifs is 1. The van der Waals surface area contributed by atoms with Gasteiger partial charge in [0, 0.05) is 6.54 Å². The van der Waals surface area contributed by atoms with E-state index in [0.717, 1.165) is 48.3 Å². The van der Waals surface area contributed by atoms with E-state index in [1.54, 1.807) is 0 Å². The average Bonchev–Trinajstić information content (AvgIpc) is 3.02. The van der Waals surface area contributed by atoms with Crippen molar-refractivity contribution in [2.45, 2.75) is 58.9 Å². The van der Waals surface area contributed by atoms with Crippen molar-refractivity contribution in [3.05, 3.63) is 40.3 Å². The van der Waals surface area contributed by atoms with Crippen LogP contribution in [0.1, 0.15) is 51.6 Å². The van der Waals surface area contributed by atoms with Crippen LogP contribution in [0.15, 0.2) is 29.1 Å². The molecule has 0 spiro atoms. The SMILES string of the molecule is CCCOc1ccccc1-c1nc2c(CCC)n(CC3CCC3)nc2c(=O)[nH]1. The van der Waals surface area contributed by atoms with Crippen molar-refractivity contribution in [1.29, 1.82) is 0 Å². The van der Waals surface area contributed by atoms with Crippen molar-refractivity contribution < 1.29 is 4.74 Å². The fourth-order valence-corrected chi connectivity index (χ4v) is 3.75. The quantitative estimate of drug-likeness (QED) is 0.631. The fourth-order valence-electron chi connectivity index (χ4n) is 3.75. The van der Waals surface area contributed by atoms with Crippen LogP contribution in [-0.4, -0.2) is 26.4 Å². The Labute approximate surface area is 165 Å². The highest BCUT2D eigenvalue weighted by atomic mass is 16.5. The summed E-state index contributed by atoms with van der Waals surface area (Å²) in [6.07, 6.45) is 6.58. The molecule has 1 aliphatic rings. The van der Waals surface area contributed by atoms with Crippen LogP contribution in [0, 0.1) is 5.92 Å². The number of ether oxygens (including phenoxy) is 1. The molecule has 0 atom stereocenters. The highest BCUT2D eigenvalue weighted by Gasteiger charge is 2.23. The molecule has 2 aromatic heterocycles. The normalized spacial score (nSPS) is 14.4. The molecular weight excluding hydrogens is 352 g/mol. The zero-order chi connectivity index (χ0) is 19.5. The third kappa shape index (κ3) is 3.55. The maximum absolute atomic E-state index is 12.8. The minimum atomic E-state index is -0.185. The van der Waals surface area contributed by atoms with Gasteiger partial charge in [0.15, 0.2) is 5.52 Å². The summed E-state index contributed by atoms with van der Waals surface area (Å²) in [5.74, 6) is 1.96. The molecule has 2 heterocycles. The van der Waals surface area contributed by atoms with Crippen LogP contribution in [0.5, 0.6) is 5.75 Å². The lowest BCUT2D eigenvalue weighted by Crippen LogP contribution is -2.20. The summed E-state index contributed by atoms with van der Waals surface area (Å²) in [5, 5.41) is 4.64. The van der Waals surface area contributed by atoms with Crippen LogP contribution in [-0.2, 0) is 13.0 Å². The van der Waals surface area contributed by atoms with E-state index in [4.69, 9.17) is 9.72 Å². The number of hydrogen-bond acceptors (Lipinski definition) is 4. The van der Waals surface area contributed by atoms with Crippen molar-refractivity contribution in [3.8, 4) is 17.1 Å². The zero-order valence-corrected chi connectivity index (χ0v) is 16.7. The first kappa shape index (κ1) is 18.7. The Hall–Kier alpha value is -2.63. The van der Waals surface area contributed by atoms with Crippen LogP contribution in [0.25, 0.3) is 22.4 Å². The Morgan fingerprint density at radius 1 is 1.18 bits per heavy atom. The molecule has 4 rings (SSSR count). The van der Waals surface area contributed by atoms with Crippen molar-refractivity contribution in [2.24, 2.45) is 5.92 Å². The van der Waals surface area contributed by atoms with E-state index in [1.165, 1.54) is 19.3 Å². The molecule has 28 heavy (non-hydrogen) atoms. The first-order chi connectivity index (χ1) is 13.7. The average molecular weight is 380 g/mol. The molecule has 1 N–H and O–H groups in total. The molecule has 0 unspecified atom stereocenters. The molecular formula is C22H28N4O2. The van der Waals surface area contributed by atoms with Gasteiger partial charge in [0.2, 0.25) is 0 Å².